The lowest BCUT2D eigenvalue weighted by Crippen LogP contribution is -2.49. The van der Waals surface area contributed by atoms with E-state index in [2.05, 4.69) is 46.9 Å². The van der Waals surface area contributed by atoms with Gasteiger partial charge in [0.1, 0.15) is 0 Å². The highest BCUT2D eigenvalue weighted by molar-refractivity contribution is 5.98. The second-order valence-corrected chi connectivity index (χ2v) is 9.23. The fourth-order valence-electron chi connectivity index (χ4n) is 4.72. The number of aryl methyl sites for hydroxylation is 3. The monoisotopic (exact) mass is 467 g/mol. The summed E-state index contributed by atoms with van der Waals surface area (Å²) in [5.74, 6) is -0.0698. The molecule has 1 amide bonds. The molecule has 4 heterocycles. The van der Waals surface area contributed by atoms with Crippen LogP contribution in [0.2, 0.25) is 0 Å². The summed E-state index contributed by atoms with van der Waals surface area (Å²) >= 11 is 0. The number of pyridine rings is 3. The molecule has 1 aliphatic heterocycles. The van der Waals surface area contributed by atoms with Crippen LogP contribution in [0.15, 0.2) is 65.8 Å². The second kappa shape index (κ2) is 9.33. The van der Waals surface area contributed by atoms with Crippen LogP contribution in [-0.2, 0) is 6.54 Å². The van der Waals surface area contributed by atoms with Gasteiger partial charge in [0.25, 0.3) is 11.5 Å². The van der Waals surface area contributed by atoms with Crippen LogP contribution in [0.5, 0.6) is 0 Å². The molecule has 0 atom stereocenters. The molecule has 1 aliphatic rings. The predicted molar refractivity (Wildman–Crippen MR) is 138 cm³/mol. The quantitative estimate of drug-likeness (QED) is 0.457. The molecule has 5 rings (SSSR count). The molecule has 35 heavy (non-hydrogen) atoms. The number of rotatable bonds is 4. The lowest BCUT2D eigenvalue weighted by atomic mass is 10.1. The normalized spacial score (nSPS) is 13.9. The molecule has 7 heteroatoms. The van der Waals surface area contributed by atoms with Gasteiger partial charge in [-0.3, -0.25) is 19.6 Å². The van der Waals surface area contributed by atoms with Crippen LogP contribution in [0, 0.1) is 20.8 Å². The zero-order valence-electron chi connectivity index (χ0n) is 20.4. The van der Waals surface area contributed by atoms with Crippen LogP contribution < -0.4 is 10.5 Å². The minimum atomic E-state index is -0.160. The summed E-state index contributed by atoms with van der Waals surface area (Å²) in [6, 6.07) is 13.8. The third-order valence-electron chi connectivity index (χ3n) is 6.72. The first-order valence-corrected chi connectivity index (χ1v) is 11.9. The molecule has 1 saturated heterocycles. The van der Waals surface area contributed by atoms with Gasteiger partial charge in [0.05, 0.1) is 28.7 Å². The second-order valence-electron chi connectivity index (χ2n) is 9.23. The Morgan fingerprint density at radius 2 is 1.80 bits per heavy atom. The molecule has 0 N–H and O–H groups in total. The largest absolute Gasteiger partial charge is 0.368 e. The highest BCUT2D eigenvalue weighted by Gasteiger charge is 2.25. The van der Waals surface area contributed by atoms with Crippen molar-refractivity contribution in [3.63, 3.8) is 0 Å². The van der Waals surface area contributed by atoms with E-state index in [-0.39, 0.29) is 11.5 Å². The molecule has 3 aromatic heterocycles. The molecule has 4 aromatic rings. The van der Waals surface area contributed by atoms with E-state index in [1.54, 1.807) is 29.2 Å². The van der Waals surface area contributed by atoms with E-state index >= 15 is 0 Å². The van der Waals surface area contributed by atoms with Gasteiger partial charge in [0, 0.05) is 50.5 Å². The number of anilines is 1. The summed E-state index contributed by atoms with van der Waals surface area (Å²) in [6.07, 6.45) is 5.20. The molecule has 7 nitrogen and oxygen atoms in total. The first kappa shape index (κ1) is 22.8. The number of amides is 1. The molecule has 0 radical (unpaired) electrons. The number of carbonyl (C=O) groups excluding carboxylic acids is 1. The summed E-state index contributed by atoms with van der Waals surface area (Å²) in [7, 11) is 0. The van der Waals surface area contributed by atoms with Crippen molar-refractivity contribution in [3.05, 3.63) is 99.4 Å². The van der Waals surface area contributed by atoms with Crippen molar-refractivity contribution in [2.75, 3.05) is 31.1 Å². The van der Waals surface area contributed by atoms with E-state index in [1.807, 2.05) is 30.0 Å². The summed E-state index contributed by atoms with van der Waals surface area (Å²) in [6.45, 7) is 9.27. The van der Waals surface area contributed by atoms with Gasteiger partial charge >= 0.3 is 0 Å². The van der Waals surface area contributed by atoms with Crippen molar-refractivity contribution in [2.24, 2.45) is 0 Å². The Balaban J connectivity index is 1.38. The summed E-state index contributed by atoms with van der Waals surface area (Å²) < 4.78 is 1.63. The maximum Gasteiger partial charge on any atom is 0.260 e. The Hall–Kier alpha value is -4.00. The van der Waals surface area contributed by atoms with Crippen LogP contribution in [0.25, 0.3) is 10.9 Å². The maximum absolute atomic E-state index is 13.5. The summed E-state index contributed by atoms with van der Waals surface area (Å²) in [4.78, 5) is 39.6. The fourth-order valence-corrected chi connectivity index (χ4v) is 4.72. The molecule has 1 fully saturated rings. The lowest BCUT2D eigenvalue weighted by molar-refractivity contribution is 0.0745. The summed E-state index contributed by atoms with van der Waals surface area (Å²) in [5, 5.41) is 0.458. The number of nitrogens with zero attached hydrogens (tertiary/aromatic N) is 5. The molecule has 0 saturated carbocycles. The van der Waals surface area contributed by atoms with E-state index in [4.69, 9.17) is 0 Å². The Kier molecular flexibility index (Phi) is 6.07. The zero-order chi connectivity index (χ0) is 24.5. The molecule has 0 unspecified atom stereocenters. The molecule has 178 valence electrons. The van der Waals surface area contributed by atoms with Crippen molar-refractivity contribution in [2.45, 2.75) is 27.3 Å². The number of carbonyl (C=O) groups is 1. The molecule has 1 aromatic carbocycles. The molecular weight excluding hydrogens is 438 g/mol. The van der Waals surface area contributed by atoms with Crippen LogP contribution >= 0.6 is 0 Å². The zero-order valence-corrected chi connectivity index (χ0v) is 20.4. The third-order valence-corrected chi connectivity index (χ3v) is 6.72. The Morgan fingerprint density at radius 3 is 2.54 bits per heavy atom. The standard InChI is InChI=1S/C28H29N5O2/c1-19-6-7-20(2)26(15-19)31-11-13-32(14-12-31)27(34)23-16-24-25(30-21(23)3)8-10-33(28(24)35)18-22-5-4-9-29-17-22/h4-10,15-17H,11-14,18H2,1-3H3. The van der Waals surface area contributed by atoms with Crippen LogP contribution in [0.1, 0.15) is 32.7 Å². The summed E-state index contributed by atoms with van der Waals surface area (Å²) in [5.41, 5.74) is 6.22. The number of hydrogen-bond donors (Lipinski definition) is 0. The van der Waals surface area contributed by atoms with E-state index in [9.17, 15) is 9.59 Å². The smallest absolute Gasteiger partial charge is 0.260 e. The maximum atomic E-state index is 13.5. The molecular formula is C28H29N5O2. The average molecular weight is 468 g/mol. The SMILES string of the molecule is Cc1ccc(C)c(N2CCN(C(=O)c3cc4c(=O)n(Cc5cccnc5)ccc4nc3C)CC2)c1. The Bertz CT molecular complexity index is 1450. The number of fused-ring (bicyclic) bond motifs is 1. The Labute approximate surface area is 204 Å². The van der Waals surface area contributed by atoms with Crippen molar-refractivity contribution in [3.8, 4) is 0 Å². The predicted octanol–water partition coefficient (Wildman–Crippen LogP) is 3.73. The van der Waals surface area contributed by atoms with Crippen LogP contribution in [0.4, 0.5) is 5.69 Å². The lowest BCUT2D eigenvalue weighted by Gasteiger charge is -2.37. The topological polar surface area (TPSA) is 71.3 Å². The van der Waals surface area contributed by atoms with E-state index in [1.165, 1.54) is 16.8 Å². The molecule has 0 spiro atoms. The van der Waals surface area contributed by atoms with Gasteiger partial charge < -0.3 is 14.4 Å². The molecule has 0 bridgehead atoms. The van der Waals surface area contributed by atoms with Crippen molar-refractivity contribution < 1.29 is 4.79 Å². The minimum absolute atomic E-state index is 0.0698. The van der Waals surface area contributed by atoms with Crippen molar-refractivity contribution >= 4 is 22.5 Å². The number of aromatic nitrogens is 3. The number of piperazine rings is 1. The van der Waals surface area contributed by atoms with E-state index in [0.29, 0.717) is 41.8 Å². The van der Waals surface area contributed by atoms with Gasteiger partial charge in [0.15, 0.2) is 0 Å². The van der Waals surface area contributed by atoms with Gasteiger partial charge in [-0.2, -0.15) is 0 Å². The van der Waals surface area contributed by atoms with Crippen molar-refractivity contribution in [1.82, 2.24) is 19.4 Å². The van der Waals surface area contributed by atoms with Crippen LogP contribution in [0.3, 0.4) is 0 Å². The Morgan fingerprint density at radius 1 is 1.00 bits per heavy atom. The van der Waals surface area contributed by atoms with E-state index < -0.39 is 0 Å². The van der Waals surface area contributed by atoms with Gasteiger partial charge in [-0.05, 0) is 61.7 Å². The van der Waals surface area contributed by atoms with Crippen molar-refractivity contribution in [1.29, 1.82) is 0 Å². The first-order chi connectivity index (χ1) is 16.9. The first-order valence-electron chi connectivity index (χ1n) is 11.9. The molecule has 0 aliphatic carbocycles. The van der Waals surface area contributed by atoms with Crippen LogP contribution in [-0.4, -0.2) is 51.5 Å². The van der Waals surface area contributed by atoms with Gasteiger partial charge in [-0.15, -0.1) is 0 Å². The highest BCUT2D eigenvalue weighted by Crippen LogP contribution is 2.24. The van der Waals surface area contributed by atoms with Gasteiger partial charge in [0.2, 0.25) is 0 Å². The third kappa shape index (κ3) is 4.54. The van der Waals surface area contributed by atoms with Gasteiger partial charge in [-0.1, -0.05) is 18.2 Å². The highest BCUT2D eigenvalue weighted by atomic mass is 16.2. The average Bonchev–Trinajstić information content (AvgIpc) is 2.87. The number of hydrogen-bond acceptors (Lipinski definition) is 5. The minimum Gasteiger partial charge on any atom is -0.368 e. The fraction of sp³-hybridized carbons (Fsp3) is 0.286. The van der Waals surface area contributed by atoms with E-state index in [0.717, 1.165) is 18.7 Å². The number of benzene rings is 1. The van der Waals surface area contributed by atoms with Gasteiger partial charge in [-0.25, -0.2) is 0 Å².